The molecule has 29 heavy (non-hydrogen) atoms. The number of ether oxygens (including phenoxy) is 3. The van der Waals surface area contributed by atoms with Crippen LogP contribution in [0.5, 0.6) is 5.75 Å². The molecule has 0 unspecified atom stereocenters. The van der Waals surface area contributed by atoms with Crippen molar-refractivity contribution in [2.75, 3.05) is 20.3 Å². The van der Waals surface area contributed by atoms with Gasteiger partial charge in [0.05, 0.1) is 12.7 Å². The number of amides is 1. The summed E-state index contributed by atoms with van der Waals surface area (Å²) in [5.74, 6) is -0.826. The van der Waals surface area contributed by atoms with E-state index in [0.29, 0.717) is 11.3 Å². The second kappa shape index (κ2) is 9.73. The van der Waals surface area contributed by atoms with Crippen LogP contribution in [-0.4, -0.2) is 38.2 Å². The number of benzene rings is 2. The molecule has 7 heteroatoms. The van der Waals surface area contributed by atoms with E-state index in [4.69, 9.17) is 9.47 Å². The van der Waals surface area contributed by atoms with Crippen LogP contribution in [0.2, 0.25) is 0 Å². The molecular weight excluding hydrogens is 374 g/mol. The summed E-state index contributed by atoms with van der Waals surface area (Å²) < 4.78 is 15.0. The lowest BCUT2D eigenvalue weighted by atomic mass is 10.1. The maximum Gasteiger partial charge on any atom is 0.344 e. The Hall–Kier alpha value is -3.35. The SMILES string of the molecule is COC(=O)c1ccc(CNC(=O)COC(=O)COc2ccc3c(c2)CCC3)cc1. The zero-order valence-electron chi connectivity index (χ0n) is 16.2. The van der Waals surface area contributed by atoms with Gasteiger partial charge in [-0.2, -0.15) is 0 Å². The first-order valence-electron chi connectivity index (χ1n) is 9.39. The Morgan fingerprint density at radius 3 is 2.48 bits per heavy atom. The number of hydrogen-bond acceptors (Lipinski definition) is 6. The third-order valence-corrected chi connectivity index (χ3v) is 4.66. The van der Waals surface area contributed by atoms with Crippen LogP contribution in [0.15, 0.2) is 42.5 Å². The summed E-state index contributed by atoms with van der Waals surface area (Å²) in [4.78, 5) is 35.0. The summed E-state index contributed by atoms with van der Waals surface area (Å²) in [6.07, 6.45) is 3.26. The van der Waals surface area contributed by atoms with Crippen molar-refractivity contribution < 1.29 is 28.6 Å². The molecule has 0 radical (unpaired) electrons. The fourth-order valence-corrected chi connectivity index (χ4v) is 3.10. The maximum absolute atomic E-state index is 11.8. The minimum atomic E-state index is -0.608. The molecule has 0 saturated carbocycles. The van der Waals surface area contributed by atoms with Crippen molar-refractivity contribution in [1.82, 2.24) is 5.32 Å². The van der Waals surface area contributed by atoms with Crippen LogP contribution >= 0.6 is 0 Å². The molecule has 2 aromatic carbocycles. The Kier molecular flexibility index (Phi) is 6.84. The summed E-state index contributed by atoms with van der Waals surface area (Å²) in [7, 11) is 1.31. The molecule has 152 valence electrons. The van der Waals surface area contributed by atoms with Crippen molar-refractivity contribution in [3.8, 4) is 5.75 Å². The zero-order valence-corrected chi connectivity index (χ0v) is 16.2. The second-order valence-electron chi connectivity index (χ2n) is 6.70. The molecule has 1 aliphatic carbocycles. The van der Waals surface area contributed by atoms with E-state index in [1.165, 1.54) is 18.2 Å². The van der Waals surface area contributed by atoms with E-state index in [-0.39, 0.29) is 19.8 Å². The van der Waals surface area contributed by atoms with Crippen molar-refractivity contribution >= 4 is 17.8 Å². The summed E-state index contributed by atoms with van der Waals surface area (Å²) in [5.41, 5.74) is 3.82. The molecule has 2 aromatic rings. The summed E-state index contributed by atoms with van der Waals surface area (Å²) in [6.45, 7) is -0.378. The molecule has 0 spiro atoms. The molecule has 0 fully saturated rings. The molecule has 1 aliphatic rings. The van der Waals surface area contributed by atoms with Crippen LogP contribution in [-0.2, 0) is 38.4 Å². The third kappa shape index (κ3) is 5.81. The Bertz CT molecular complexity index is 891. The van der Waals surface area contributed by atoms with Gasteiger partial charge in [0.1, 0.15) is 5.75 Å². The predicted molar refractivity (Wildman–Crippen MR) is 105 cm³/mol. The van der Waals surface area contributed by atoms with E-state index in [9.17, 15) is 14.4 Å². The molecule has 1 N–H and O–H groups in total. The van der Waals surface area contributed by atoms with E-state index >= 15 is 0 Å². The quantitative estimate of drug-likeness (QED) is 0.687. The monoisotopic (exact) mass is 397 g/mol. The number of carbonyl (C=O) groups is 3. The Balaban J connectivity index is 1.35. The number of hydrogen-bond donors (Lipinski definition) is 1. The number of carbonyl (C=O) groups excluding carboxylic acids is 3. The molecule has 0 heterocycles. The topological polar surface area (TPSA) is 90.9 Å². The predicted octanol–water partition coefficient (Wildman–Crippen LogP) is 2.20. The van der Waals surface area contributed by atoms with Crippen LogP contribution < -0.4 is 10.1 Å². The first-order valence-corrected chi connectivity index (χ1v) is 9.39. The van der Waals surface area contributed by atoms with Crippen molar-refractivity contribution in [3.05, 3.63) is 64.7 Å². The number of fused-ring (bicyclic) bond motifs is 1. The van der Waals surface area contributed by atoms with E-state index in [1.807, 2.05) is 18.2 Å². The Labute approximate surface area is 169 Å². The highest BCUT2D eigenvalue weighted by Gasteiger charge is 2.13. The summed E-state index contributed by atoms with van der Waals surface area (Å²) in [6, 6.07) is 12.5. The van der Waals surface area contributed by atoms with Gasteiger partial charge < -0.3 is 19.5 Å². The smallest absolute Gasteiger partial charge is 0.344 e. The largest absolute Gasteiger partial charge is 0.482 e. The van der Waals surface area contributed by atoms with Crippen molar-refractivity contribution in [2.24, 2.45) is 0 Å². The number of nitrogens with one attached hydrogen (secondary N) is 1. The van der Waals surface area contributed by atoms with E-state index in [0.717, 1.165) is 24.8 Å². The van der Waals surface area contributed by atoms with Gasteiger partial charge in [-0.25, -0.2) is 9.59 Å². The summed E-state index contributed by atoms with van der Waals surface area (Å²) >= 11 is 0. The first kappa shape index (κ1) is 20.4. The van der Waals surface area contributed by atoms with Gasteiger partial charge >= 0.3 is 11.9 Å². The van der Waals surface area contributed by atoms with Crippen LogP contribution in [0.25, 0.3) is 0 Å². The third-order valence-electron chi connectivity index (χ3n) is 4.66. The Morgan fingerprint density at radius 1 is 0.966 bits per heavy atom. The molecule has 3 rings (SSSR count). The van der Waals surface area contributed by atoms with Gasteiger partial charge in [-0.1, -0.05) is 18.2 Å². The van der Waals surface area contributed by atoms with Crippen molar-refractivity contribution in [2.45, 2.75) is 25.8 Å². The van der Waals surface area contributed by atoms with Crippen LogP contribution in [0, 0.1) is 0 Å². The molecule has 1 amide bonds. The van der Waals surface area contributed by atoms with Crippen LogP contribution in [0.1, 0.15) is 33.5 Å². The molecule has 0 atom stereocenters. The second-order valence-corrected chi connectivity index (χ2v) is 6.70. The maximum atomic E-state index is 11.8. The van der Waals surface area contributed by atoms with Gasteiger partial charge in [0.25, 0.3) is 5.91 Å². The van der Waals surface area contributed by atoms with E-state index in [1.54, 1.807) is 24.3 Å². The first-order chi connectivity index (χ1) is 14.0. The fraction of sp³-hybridized carbons (Fsp3) is 0.318. The normalized spacial score (nSPS) is 12.0. The molecular formula is C22H23NO6. The average Bonchev–Trinajstić information content (AvgIpc) is 3.22. The lowest BCUT2D eigenvalue weighted by molar-refractivity contribution is -0.150. The summed E-state index contributed by atoms with van der Waals surface area (Å²) in [5, 5.41) is 2.65. The minimum absolute atomic E-state index is 0.249. The lowest BCUT2D eigenvalue weighted by Crippen LogP contribution is -2.29. The molecule has 7 nitrogen and oxygen atoms in total. The lowest BCUT2D eigenvalue weighted by Gasteiger charge is -2.09. The van der Waals surface area contributed by atoms with E-state index < -0.39 is 17.8 Å². The van der Waals surface area contributed by atoms with Gasteiger partial charge in [-0.3, -0.25) is 4.79 Å². The van der Waals surface area contributed by atoms with Gasteiger partial charge in [0.15, 0.2) is 13.2 Å². The van der Waals surface area contributed by atoms with Crippen LogP contribution in [0.4, 0.5) is 0 Å². The number of methoxy groups -OCH3 is 1. The highest BCUT2D eigenvalue weighted by molar-refractivity contribution is 5.89. The van der Waals surface area contributed by atoms with Crippen molar-refractivity contribution in [1.29, 1.82) is 0 Å². The van der Waals surface area contributed by atoms with E-state index in [2.05, 4.69) is 10.1 Å². The van der Waals surface area contributed by atoms with Crippen molar-refractivity contribution in [3.63, 3.8) is 0 Å². The van der Waals surface area contributed by atoms with Crippen LogP contribution in [0.3, 0.4) is 0 Å². The molecule has 0 aromatic heterocycles. The average molecular weight is 397 g/mol. The molecule has 0 aliphatic heterocycles. The number of rotatable bonds is 8. The molecule has 0 saturated heterocycles. The van der Waals surface area contributed by atoms with Gasteiger partial charge in [0.2, 0.25) is 0 Å². The molecule has 0 bridgehead atoms. The highest BCUT2D eigenvalue weighted by atomic mass is 16.6. The standard InChI is InChI=1S/C22H23NO6/c1-27-22(26)17-7-5-15(6-8-17)12-23-20(24)13-29-21(25)14-28-19-10-9-16-3-2-4-18(16)11-19/h5-11H,2-4,12-14H2,1H3,(H,23,24). The van der Waals surface area contributed by atoms with Gasteiger partial charge in [0, 0.05) is 6.54 Å². The van der Waals surface area contributed by atoms with Gasteiger partial charge in [-0.15, -0.1) is 0 Å². The number of esters is 2. The Morgan fingerprint density at radius 2 is 1.72 bits per heavy atom. The minimum Gasteiger partial charge on any atom is -0.482 e. The fourth-order valence-electron chi connectivity index (χ4n) is 3.10. The number of aryl methyl sites for hydroxylation is 2. The highest BCUT2D eigenvalue weighted by Crippen LogP contribution is 2.25. The van der Waals surface area contributed by atoms with Gasteiger partial charge in [-0.05, 0) is 60.2 Å². The zero-order chi connectivity index (χ0) is 20.6.